The molecule has 1 atom stereocenters. The van der Waals surface area contributed by atoms with Crippen LogP contribution in [0, 0.1) is 0 Å². The number of amides is 1. The number of nitrogens with zero attached hydrogens (tertiary/aromatic N) is 1. The molecule has 0 aliphatic carbocycles. The number of halogens is 1. The second-order valence-corrected chi connectivity index (χ2v) is 4.20. The molecule has 0 spiro atoms. The highest BCUT2D eigenvalue weighted by molar-refractivity contribution is 9.10. The molecule has 0 bridgehead atoms. The predicted molar refractivity (Wildman–Crippen MR) is 51.5 cm³/mol. The van der Waals surface area contributed by atoms with Crippen molar-refractivity contribution in [2.75, 3.05) is 6.54 Å². The maximum atomic E-state index is 11.5. The number of hydrogen-bond acceptors (Lipinski definition) is 2. The SMILES string of the molecule is O=C1C(Br)CCN1Cc1ccco1. The molecule has 13 heavy (non-hydrogen) atoms. The summed E-state index contributed by atoms with van der Waals surface area (Å²) >= 11 is 3.33. The van der Waals surface area contributed by atoms with Crippen molar-refractivity contribution in [1.82, 2.24) is 4.90 Å². The smallest absolute Gasteiger partial charge is 0.236 e. The first-order valence-corrected chi connectivity index (χ1v) is 5.14. The molecular weight excluding hydrogens is 234 g/mol. The summed E-state index contributed by atoms with van der Waals surface area (Å²) in [6, 6.07) is 3.72. The summed E-state index contributed by atoms with van der Waals surface area (Å²) in [5, 5.41) is 0. The Morgan fingerprint density at radius 3 is 3.08 bits per heavy atom. The van der Waals surface area contributed by atoms with E-state index < -0.39 is 0 Å². The number of furan rings is 1. The van der Waals surface area contributed by atoms with Gasteiger partial charge < -0.3 is 9.32 Å². The highest BCUT2D eigenvalue weighted by Crippen LogP contribution is 2.20. The maximum absolute atomic E-state index is 11.5. The van der Waals surface area contributed by atoms with Gasteiger partial charge in [-0.15, -0.1) is 0 Å². The Bertz CT molecular complexity index is 297. The third kappa shape index (κ3) is 1.77. The number of rotatable bonds is 2. The third-order valence-electron chi connectivity index (χ3n) is 2.16. The van der Waals surface area contributed by atoms with Gasteiger partial charge in [-0.25, -0.2) is 0 Å². The van der Waals surface area contributed by atoms with Crippen molar-refractivity contribution in [2.45, 2.75) is 17.8 Å². The summed E-state index contributed by atoms with van der Waals surface area (Å²) in [7, 11) is 0. The molecule has 1 aliphatic rings. The van der Waals surface area contributed by atoms with E-state index in [9.17, 15) is 4.79 Å². The van der Waals surface area contributed by atoms with E-state index in [-0.39, 0.29) is 10.7 Å². The molecule has 1 fully saturated rings. The molecule has 1 saturated heterocycles. The number of carbonyl (C=O) groups excluding carboxylic acids is 1. The van der Waals surface area contributed by atoms with Crippen LogP contribution in [0.2, 0.25) is 0 Å². The summed E-state index contributed by atoms with van der Waals surface area (Å²) < 4.78 is 5.17. The molecule has 0 radical (unpaired) electrons. The van der Waals surface area contributed by atoms with E-state index >= 15 is 0 Å². The fraction of sp³-hybridized carbons (Fsp3) is 0.444. The molecule has 2 rings (SSSR count). The molecule has 1 aromatic rings. The Morgan fingerprint density at radius 2 is 2.54 bits per heavy atom. The molecule has 1 unspecified atom stereocenters. The molecule has 0 saturated carbocycles. The van der Waals surface area contributed by atoms with Crippen LogP contribution in [-0.2, 0) is 11.3 Å². The van der Waals surface area contributed by atoms with Crippen molar-refractivity contribution < 1.29 is 9.21 Å². The van der Waals surface area contributed by atoms with Gasteiger partial charge in [0, 0.05) is 6.54 Å². The summed E-state index contributed by atoms with van der Waals surface area (Å²) in [4.78, 5) is 13.3. The largest absolute Gasteiger partial charge is 0.467 e. The average Bonchev–Trinajstić information content (AvgIpc) is 2.71. The Hall–Kier alpha value is -0.770. The second kappa shape index (κ2) is 3.54. The van der Waals surface area contributed by atoms with Crippen molar-refractivity contribution in [3.8, 4) is 0 Å². The number of carbonyl (C=O) groups is 1. The van der Waals surface area contributed by atoms with Gasteiger partial charge in [0.2, 0.25) is 5.91 Å². The van der Waals surface area contributed by atoms with Crippen molar-refractivity contribution >= 4 is 21.8 Å². The minimum absolute atomic E-state index is 0.00228. The van der Waals surface area contributed by atoms with Gasteiger partial charge in [-0.2, -0.15) is 0 Å². The van der Waals surface area contributed by atoms with Crippen molar-refractivity contribution in [3.63, 3.8) is 0 Å². The van der Waals surface area contributed by atoms with E-state index in [4.69, 9.17) is 4.42 Å². The molecule has 70 valence electrons. The van der Waals surface area contributed by atoms with Gasteiger partial charge in [-0.1, -0.05) is 15.9 Å². The van der Waals surface area contributed by atoms with Crippen LogP contribution >= 0.6 is 15.9 Å². The lowest BCUT2D eigenvalue weighted by molar-refractivity contribution is -0.127. The van der Waals surface area contributed by atoms with Gasteiger partial charge in [-0.3, -0.25) is 4.79 Å². The monoisotopic (exact) mass is 243 g/mol. The van der Waals surface area contributed by atoms with Gasteiger partial charge >= 0.3 is 0 Å². The molecule has 1 aliphatic heterocycles. The zero-order valence-corrected chi connectivity index (χ0v) is 8.66. The summed E-state index contributed by atoms with van der Waals surface area (Å²) in [5.74, 6) is 1.01. The highest BCUT2D eigenvalue weighted by atomic mass is 79.9. The van der Waals surface area contributed by atoms with E-state index in [2.05, 4.69) is 15.9 Å². The number of alkyl halides is 1. The predicted octanol–water partition coefficient (Wildman–Crippen LogP) is 1.78. The zero-order valence-electron chi connectivity index (χ0n) is 7.07. The van der Waals surface area contributed by atoms with Crippen molar-refractivity contribution in [1.29, 1.82) is 0 Å². The first kappa shape index (κ1) is 8.81. The van der Waals surface area contributed by atoms with Crippen LogP contribution in [0.3, 0.4) is 0 Å². The lowest BCUT2D eigenvalue weighted by Gasteiger charge is -2.13. The minimum Gasteiger partial charge on any atom is -0.467 e. The standard InChI is InChI=1S/C9H10BrNO2/c10-8-3-4-11(9(8)12)6-7-2-1-5-13-7/h1-2,5,8H,3-4,6H2. The van der Waals surface area contributed by atoms with Gasteiger partial charge in [-0.05, 0) is 18.6 Å². The Balaban J connectivity index is 2.00. The molecule has 1 amide bonds. The van der Waals surface area contributed by atoms with E-state index in [1.54, 1.807) is 11.2 Å². The van der Waals surface area contributed by atoms with Crippen LogP contribution in [0.15, 0.2) is 22.8 Å². The van der Waals surface area contributed by atoms with Crippen molar-refractivity contribution in [3.05, 3.63) is 24.2 Å². The van der Waals surface area contributed by atoms with E-state index in [1.165, 1.54) is 0 Å². The molecule has 3 nitrogen and oxygen atoms in total. The Labute approximate surface area is 84.8 Å². The normalized spacial score (nSPS) is 22.7. The van der Waals surface area contributed by atoms with Gasteiger partial charge in [0.15, 0.2) is 0 Å². The number of hydrogen-bond donors (Lipinski definition) is 0. The fourth-order valence-corrected chi connectivity index (χ4v) is 1.94. The van der Waals surface area contributed by atoms with Crippen LogP contribution < -0.4 is 0 Å². The molecular formula is C9H10BrNO2. The fourth-order valence-electron chi connectivity index (χ4n) is 1.45. The topological polar surface area (TPSA) is 33.5 Å². The van der Waals surface area contributed by atoms with Crippen LogP contribution in [-0.4, -0.2) is 22.2 Å². The molecule has 0 aromatic carbocycles. The van der Waals surface area contributed by atoms with E-state index in [0.29, 0.717) is 6.54 Å². The maximum Gasteiger partial charge on any atom is 0.236 e. The Kier molecular flexibility index (Phi) is 2.40. The van der Waals surface area contributed by atoms with Crippen LogP contribution in [0.25, 0.3) is 0 Å². The first-order valence-electron chi connectivity index (χ1n) is 4.22. The summed E-state index contributed by atoms with van der Waals surface area (Å²) in [6.07, 6.45) is 2.51. The Morgan fingerprint density at radius 1 is 1.69 bits per heavy atom. The summed E-state index contributed by atoms with van der Waals surface area (Å²) in [6.45, 7) is 1.41. The van der Waals surface area contributed by atoms with Crippen LogP contribution in [0.1, 0.15) is 12.2 Å². The third-order valence-corrected chi connectivity index (χ3v) is 3.01. The van der Waals surface area contributed by atoms with Gasteiger partial charge in [0.1, 0.15) is 5.76 Å². The van der Waals surface area contributed by atoms with E-state index in [0.717, 1.165) is 18.7 Å². The average molecular weight is 244 g/mol. The quantitative estimate of drug-likeness (QED) is 0.743. The lowest BCUT2D eigenvalue weighted by atomic mass is 10.4. The minimum atomic E-state index is 0.00228. The number of likely N-dealkylation sites (tertiary alicyclic amines) is 1. The highest BCUT2D eigenvalue weighted by Gasteiger charge is 2.29. The van der Waals surface area contributed by atoms with E-state index in [1.807, 2.05) is 12.1 Å². The first-order chi connectivity index (χ1) is 6.27. The lowest BCUT2D eigenvalue weighted by Crippen LogP contribution is -2.26. The molecule has 0 N–H and O–H groups in total. The molecule has 1 aromatic heterocycles. The van der Waals surface area contributed by atoms with Crippen LogP contribution in [0.4, 0.5) is 0 Å². The summed E-state index contributed by atoms with van der Waals surface area (Å²) in [5.41, 5.74) is 0. The van der Waals surface area contributed by atoms with Crippen LogP contribution in [0.5, 0.6) is 0 Å². The van der Waals surface area contributed by atoms with Gasteiger partial charge in [0.25, 0.3) is 0 Å². The molecule has 2 heterocycles. The van der Waals surface area contributed by atoms with Gasteiger partial charge in [0.05, 0.1) is 17.6 Å². The second-order valence-electron chi connectivity index (χ2n) is 3.10. The van der Waals surface area contributed by atoms with Crippen molar-refractivity contribution in [2.24, 2.45) is 0 Å². The zero-order chi connectivity index (χ0) is 9.26. The molecule has 4 heteroatoms.